The summed E-state index contributed by atoms with van der Waals surface area (Å²) in [6.07, 6.45) is 0. The molecule has 2 rings (SSSR count). The van der Waals surface area contributed by atoms with E-state index in [0.717, 1.165) is 31.7 Å². The Labute approximate surface area is 104 Å². The van der Waals surface area contributed by atoms with Crippen LogP contribution in [-0.4, -0.2) is 42.2 Å². The van der Waals surface area contributed by atoms with Crippen LogP contribution >= 0.6 is 0 Å². The third-order valence-electron chi connectivity index (χ3n) is 3.53. The summed E-state index contributed by atoms with van der Waals surface area (Å²) in [5.41, 5.74) is 2.25. The molecule has 0 aromatic heterocycles. The van der Waals surface area contributed by atoms with Gasteiger partial charge in [-0.25, -0.2) is 0 Å². The van der Waals surface area contributed by atoms with Crippen LogP contribution in [-0.2, 0) is 6.61 Å². The van der Waals surface area contributed by atoms with E-state index in [1.165, 1.54) is 5.69 Å². The number of piperazine rings is 1. The van der Waals surface area contributed by atoms with Crippen molar-refractivity contribution in [1.29, 1.82) is 0 Å². The van der Waals surface area contributed by atoms with Crippen LogP contribution in [0.15, 0.2) is 24.3 Å². The smallest absolute Gasteiger partial charge is 0.0681 e. The van der Waals surface area contributed by atoms with Crippen LogP contribution < -0.4 is 4.90 Å². The van der Waals surface area contributed by atoms with Gasteiger partial charge in [-0.05, 0) is 31.5 Å². The number of aliphatic hydroxyl groups is 1. The zero-order valence-electron chi connectivity index (χ0n) is 10.8. The molecule has 0 saturated carbocycles. The normalized spacial score (nSPS) is 17.8. The van der Waals surface area contributed by atoms with E-state index in [4.69, 9.17) is 5.11 Å². The largest absolute Gasteiger partial charge is 0.392 e. The Hall–Kier alpha value is -1.06. The summed E-state index contributed by atoms with van der Waals surface area (Å²) < 4.78 is 0. The number of rotatable bonds is 3. The predicted octanol–water partition coefficient (Wildman–Crippen LogP) is 1.71. The molecule has 1 saturated heterocycles. The Morgan fingerprint density at radius 2 is 1.65 bits per heavy atom. The average molecular weight is 234 g/mol. The fourth-order valence-corrected chi connectivity index (χ4v) is 2.31. The van der Waals surface area contributed by atoms with Crippen molar-refractivity contribution in [3.05, 3.63) is 29.8 Å². The molecule has 1 fully saturated rings. The van der Waals surface area contributed by atoms with Gasteiger partial charge in [0, 0.05) is 37.9 Å². The van der Waals surface area contributed by atoms with E-state index in [2.05, 4.69) is 35.8 Å². The van der Waals surface area contributed by atoms with Gasteiger partial charge >= 0.3 is 0 Å². The lowest BCUT2D eigenvalue weighted by molar-refractivity contribution is 0.209. The maximum absolute atomic E-state index is 9.01. The van der Waals surface area contributed by atoms with E-state index in [-0.39, 0.29) is 6.61 Å². The second kappa shape index (κ2) is 5.52. The van der Waals surface area contributed by atoms with E-state index in [0.29, 0.717) is 6.04 Å². The molecule has 94 valence electrons. The molecule has 0 spiro atoms. The second-order valence-electron chi connectivity index (χ2n) is 4.94. The van der Waals surface area contributed by atoms with Crippen molar-refractivity contribution in [1.82, 2.24) is 4.90 Å². The first-order valence-electron chi connectivity index (χ1n) is 6.39. The highest BCUT2D eigenvalue weighted by atomic mass is 16.3. The van der Waals surface area contributed by atoms with Gasteiger partial charge in [0.05, 0.1) is 6.61 Å². The minimum Gasteiger partial charge on any atom is -0.392 e. The lowest BCUT2D eigenvalue weighted by Gasteiger charge is -2.38. The molecule has 1 heterocycles. The molecular weight excluding hydrogens is 212 g/mol. The maximum atomic E-state index is 9.01. The van der Waals surface area contributed by atoms with Crippen LogP contribution in [0.5, 0.6) is 0 Å². The SMILES string of the molecule is CC(C)N1CCN(c2ccc(CO)cc2)CC1. The molecule has 0 unspecified atom stereocenters. The van der Waals surface area contributed by atoms with E-state index >= 15 is 0 Å². The Bertz CT molecular complexity index is 340. The van der Waals surface area contributed by atoms with Gasteiger partial charge in [0.2, 0.25) is 0 Å². The number of benzene rings is 1. The average Bonchev–Trinajstić information content (AvgIpc) is 2.39. The Kier molecular flexibility index (Phi) is 4.02. The van der Waals surface area contributed by atoms with E-state index in [1.807, 2.05) is 12.1 Å². The number of nitrogens with zero attached hydrogens (tertiary/aromatic N) is 2. The summed E-state index contributed by atoms with van der Waals surface area (Å²) in [4.78, 5) is 4.93. The Morgan fingerprint density at radius 1 is 1.06 bits per heavy atom. The van der Waals surface area contributed by atoms with Gasteiger partial charge in [0.25, 0.3) is 0 Å². The zero-order valence-corrected chi connectivity index (χ0v) is 10.8. The molecule has 1 N–H and O–H groups in total. The molecule has 1 aliphatic heterocycles. The fraction of sp³-hybridized carbons (Fsp3) is 0.571. The Balaban J connectivity index is 1.95. The molecule has 3 heteroatoms. The van der Waals surface area contributed by atoms with Crippen molar-refractivity contribution in [3.63, 3.8) is 0 Å². The molecule has 0 radical (unpaired) electrons. The van der Waals surface area contributed by atoms with Crippen molar-refractivity contribution in [2.75, 3.05) is 31.1 Å². The van der Waals surface area contributed by atoms with Gasteiger partial charge in [-0.3, -0.25) is 4.90 Å². The highest BCUT2D eigenvalue weighted by molar-refractivity contribution is 5.48. The molecular formula is C14H22N2O. The van der Waals surface area contributed by atoms with Gasteiger partial charge in [0.1, 0.15) is 0 Å². The molecule has 0 amide bonds. The number of hydrogen-bond donors (Lipinski definition) is 1. The van der Waals surface area contributed by atoms with Crippen molar-refractivity contribution in [3.8, 4) is 0 Å². The lowest BCUT2D eigenvalue weighted by atomic mass is 10.2. The third-order valence-corrected chi connectivity index (χ3v) is 3.53. The summed E-state index contributed by atoms with van der Waals surface area (Å²) in [6.45, 7) is 9.10. The van der Waals surface area contributed by atoms with Gasteiger partial charge in [-0.1, -0.05) is 12.1 Å². The predicted molar refractivity (Wildman–Crippen MR) is 71.3 cm³/mol. The number of anilines is 1. The first kappa shape index (κ1) is 12.4. The highest BCUT2D eigenvalue weighted by Crippen LogP contribution is 2.18. The zero-order chi connectivity index (χ0) is 12.3. The first-order chi connectivity index (χ1) is 8.20. The molecule has 0 bridgehead atoms. The van der Waals surface area contributed by atoms with Crippen molar-refractivity contribution in [2.45, 2.75) is 26.5 Å². The highest BCUT2D eigenvalue weighted by Gasteiger charge is 2.18. The van der Waals surface area contributed by atoms with Gasteiger partial charge in [-0.15, -0.1) is 0 Å². The topological polar surface area (TPSA) is 26.7 Å². The van der Waals surface area contributed by atoms with E-state index < -0.39 is 0 Å². The monoisotopic (exact) mass is 234 g/mol. The van der Waals surface area contributed by atoms with Crippen molar-refractivity contribution >= 4 is 5.69 Å². The number of hydrogen-bond acceptors (Lipinski definition) is 3. The quantitative estimate of drug-likeness (QED) is 0.862. The molecule has 1 aliphatic rings. The van der Waals surface area contributed by atoms with Gasteiger partial charge in [0.15, 0.2) is 0 Å². The van der Waals surface area contributed by atoms with Crippen LogP contribution in [0.4, 0.5) is 5.69 Å². The first-order valence-corrected chi connectivity index (χ1v) is 6.39. The second-order valence-corrected chi connectivity index (χ2v) is 4.94. The number of aliphatic hydroxyl groups excluding tert-OH is 1. The lowest BCUT2D eigenvalue weighted by Crippen LogP contribution is -2.48. The third kappa shape index (κ3) is 2.99. The molecule has 0 aliphatic carbocycles. The van der Waals surface area contributed by atoms with Crippen molar-refractivity contribution in [2.24, 2.45) is 0 Å². The standard InChI is InChI=1S/C14H22N2O/c1-12(2)15-7-9-16(10-8-15)14-5-3-13(11-17)4-6-14/h3-6,12,17H,7-11H2,1-2H3. The summed E-state index contributed by atoms with van der Waals surface area (Å²) in [7, 11) is 0. The molecule has 1 aromatic rings. The Morgan fingerprint density at radius 3 is 2.12 bits per heavy atom. The molecule has 1 aromatic carbocycles. The summed E-state index contributed by atoms with van der Waals surface area (Å²) in [5.74, 6) is 0. The van der Waals surface area contributed by atoms with Crippen molar-refractivity contribution < 1.29 is 5.11 Å². The van der Waals surface area contributed by atoms with Gasteiger partial charge < -0.3 is 10.0 Å². The van der Waals surface area contributed by atoms with Crippen LogP contribution in [0.3, 0.4) is 0 Å². The molecule has 0 atom stereocenters. The van der Waals surface area contributed by atoms with Crippen LogP contribution in [0, 0.1) is 0 Å². The molecule has 3 nitrogen and oxygen atoms in total. The summed E-state index contributed by atoms with van der Waals surface area (Å²) >= 11 is 0. The van der Waals surface area contributed by atoms with Gasteiger partial charge in [-0.2, -0.15) is 0 Å². The summed E-state index contributed by atoms with van der Waals surface area (Å²) in [6, 6.07) is 8.87. The minimum atomic E-state index is 0.126. The van der Waals surface area contributed by atoms with Crippen LogP contribution in [0.25, 0.3) is 0 Å². The fourth-order valence-electron chi connectivity index (χ4n) is 2.31. The van der Waals surface area contributed by atoms with E-state index in [9.17, 15) is 0 Å². The summed E-state index contributed by atoms with van der Waals surface area (Å²) in [5, 5.41) is 9.01. The minimum absolute atomic E-state index is 0.126. The maximum Gasteiger partial charge on any atom is 0.0681 e. The molecule has 17 heavy (non-hydrogen) atoms. The van der Waals surface area contributed by atoms with Crippen LogP contribution in [0.1, 0.15) is 19.4 Å². The van der Waals surface area contributed by atoms with E-state index in [1.54, 1.807) is 0 Å². The van der Waals surface area contributed by atoms with Crippen LogP contribution in [0.2, 0.25) is 0 Å².